The number of fused-ring (bicyclic) bond motifs is 1. The minimum atomic E-state index is 0.0396. The van der Waals surface area contributed by atoms with E-state index in [0.29, 0.717) is 6.04 Å². The highest BCUT2D eigenvalue weighted by Gasteiger charge is 2.21. The van der Waals surface area contributed by atoms with Crippen molar-refractivity contribution in [2.24, 2.45) is 0 Å². The van der Waals surface area contributed by atoms with E-state index < -0.39 is 0 Å². The van der Waals surface area contributed by atoms with Crippen molar-refractivity contribution in [3.05, 3.63) is 57.0 Å². The number of piperidine rings is 1. The summed E-state index contributed by atoms with van der Waals surface area (Å²) in [5.41, 5.74) is 2.10. The van der Waals surface area contributed by atoms with Gasteiger partial charge in [-0.15, -0.1) is 0 Å². The van der Waals surface area contributed by atoms with Crippen LogP contribution >= 0.6 is 11.3 Å². The van der Waals surface area contributed by atoms with Crippen molar-refractivity contribution in [2.45, 2.75) is 38.8 Å². The molecule has 0 spiro atoms. The summed E-state index contributed by atoms with van der Waals surface area (Å²) in [5, 5.41) is 2.43. The van der Waals surface area contributed by atoms with Crippen LogP contribution in [-0.4, -0.2) is 22.5 Å². The molecule has 1 aliphatic rings. The molecule has 124 valence electrons. The first-order valence-electron chi connectivity index (χ1n) is 8.66. The first kappa shape index (κ1) is 15.6. The molecular formula is C20H22N2OS. The average molecular weight is 338 g/mol. The van der Waals surface area contributed by atoms with Crippen LogP contribution in [0, 0.1) is 0 Å². The molecule has 4 heteroatoms. The maximum Gasteiger partial charge on any atom is 0.305 e. The zero-order valence-electron chi connectivity index (χ0n) is 13.9. The molecule has 2 heterocycles. The Balaban J connectivity index is 1.70. The van der Waals surface area contributed by atoms with Crippen LogP contribution in [0.4, 0.5) is 0 Å². The number of aromatic amines is 1. The number of hydrogen-bond acceptors (Lipinski definition) is 3. The van der Waals surface area contributed by atoms with Crippen LogP contribution in [-0.2, 0) is 6.54 Å². The summed E-state index contributed by atoms with van der Waals surface area (Å²) in [7, 11) is 0. The lowest BCUT2D eigenvalue weighted by Gasteiger charge is -2.33. The molecule has 1 fully saturated rings. The molecule has 3 nitrogen and oxygen atoms in total. The Kier molecular flexibility index (Phi) is 4.25. The molecule has 0 bridgehead atoms. The molecule has 3 aromatic rings. The van der Waals surface area contributed by atoms with Crippen LogP contribution in [0.3, 0.4) is 0 Å². The van der Waals surface area contributed by atoms with Crippen molar-refractivity contribution in [2.75, 3.05) is 6.54 Å². The van der Waals surface area contributed by atoms with Gasteiger partial charge in [0.25, 0.3) is 0 Å². The third-order valence-electron chi connectivity index (χ3n) is 5.05. The molecule has 1 aliphatic heterocycles. The number of benzene rings is 2. The number of rotatable bonds is 3. The molecule has 0 radical (unpaired) electrons. The summed E-state index contributed by atoms with van der Waals surface area (Å²) in [6, 6.07) is 15.4. The number of H-pyrrole nitrogens is 1. The fourth-order valence-electron chi connectivity index (χ4n) is 3.63. The lowest BCUT2D eigenvalue weighted by Crippen LogP contribution is -2.36. The van der Waals surface area contributed by atoms with Gasteiger partial charge in [0, 0.05) is 17.5 Å². The predicted molar refractivity (Wildman–Crippen MR) is 102 cm³/mol. The Hall–Kier alpha value is -1.91. The Morgan fingerprint density at radius 3 is 2.83 bits per heavy atom. The third-order valence-corrected chi connectivity index (χ3v) is 5.91. The molecule has 0 amide bonds. The summed E-state index contributed by atoms with van der Waals surface area (Å²) in [5.74, 6) is 0. The van der Waals surface area contributed by atoms with E-state index in [0.717, 1.165) is 29.2 Å². The van der Waals surface area contributed by atoms with Crippen LogP contribution < -0.4 is 4.87 Å². The summed E-state index contributed by atoms with van der Waals surface area (Å²) in [6.45, 7) is 4.29. The molecule has 0 saturated carbocycles. The smallest absolute Gasteiger partial charge is 0.305 e. The van der Waals surface area contributed by atoms with Crippen molar-refractivity contribution in [1.29, 1.82) is 0 Å². The topological polar surface area (TPSA) is 36.1 Å². The number of nitrogens with zero attached hydrogens (tertiary/aromatic N) is 1. The number of hydrogen-bond donors (Lipinski definition) is 1. The Morgan fingerprint density at radius 2 is 2.00 bits per heavy atom. The number of nitrogens with one attached hydrogen (secondary N) is 1. The van der Waals surface area contributed by atoms with Crippen molar-refractivity contribution in [3.63, 3.8) is 0 Å². The fourth-order valence-corrected chi connectivity index (χ4v) is 4.50. The molecular weight excluding hydrogens is 316 g/mol. The summed E-state index contributed by atoms with van der Waals surface area (Å²) in [6.07, 6.45) is 3.83. The van der Waals surface area contributed by atoms with E-state index >= 15 is 0 Å². The van der Waals surface area contributed by atoms with E-state index in [1.165, 1.54) is 41.4 Å². The Labute approximate surface area is 146 Å². The first-order valence-corrected chi connectivity index (χ1v) is 9.47. The SMILES string of the molecule is CC1CCCCN1Cc1sc(=O)[nH]c1-c1ccc2ccccc2c1. The average Bonchev–Trinajstić information content (AvgIpc) is 2.97. The lowest BCUT2D eigenvalue weighted by molar-refractivity contribution is 0.154. The van der Waals surface area contributed by atoms with Gasteiger partial charge >= 0.3 is 4.87 Å². The highest BCUT2D eigenvalue weighted by molar-refractivity contribution is 7.09. The van der Waals surface area contributed by atoms with E-state index in [1.807, 2.05) is 0 Å². The predicted octanol–water partition coefficient (Wildman–Crippen LogP) is 4.63. The summed E-state index contributed by atoms with van der Waals surface area (Å²) < 4.78 is 0. The van der Waals surface area contributed by atoms with Crippen LogP contribution in [0.2, 0.25) is 0 Å². The standard InChI is InChI=1S/C20H22N2OS/c1-14-6-4-5-11-22(14)13-18-19(21-20(23)24-18)17-10-9-15-7-2-3-8-16(15)12-17/h2-3,7-10,12,14H,4-6,11,13H2,1H3,(H,21,23). The molecule has 1 saturated heterocycles. The second-order valence-electron chi connectivity index (χ2n) is 6.69. The first-order chi connectivity index (χ1) is 11.7. The monoisotopic (exact) mass is 338 g/mol. The Morgan fingerprint density at radius 1 is 1.17 bits per heavy atom. The van der Waals surface area contributed by atoms with Crippen molar-refractivity contribution >= 4 is 22.1 Å². The fraction of sp³-hybridized carbons (Fsp3) is 0.350. The number of aromatic nitrogens is 1. The zero-order valence-corrected chi connectivity index (χ0v) is 14.7. The maximum absolute atomic E-state index is 12.0. The zero-order chi connectivity index (χ0) is 16.5. The van der Waals surface area contributed by atoms with Crippen LogP contribution in [0.1, 0.15) is 31.1 Å². The molecule has 4 rings (SSSR count). The molecule has 24 heavy (non-hydrogen) atoms. The van der Waals surface area contributed by atoms with Crippen LogP contribution in [0.15, 0.2) is 47.3 Å². The quantitative estimate of drug-likeness (QED) is 0.756. The summed E-state index contributed by atoms with van der Waals surface area (Å²) >= 11 is 1.36. The van der Waals surface area contributed by atoms with Crippen molar-refractivity contribution in [3.8, 4) is 11.3 Å². The van der Waals surface area contributed by atoms with Gasteiger partial charge in [0.05, 0.1) is 5.69 Å². The van der Waals surface area contributed by atoms with Gasteiger partial charge in [0.2, 0.25) is 0 Å². The van der Waals surface area contributed by atoms with E-state index in [9.17, 15) is 4.79 Å². The molecule has 1 aromatic heterocycles. The maximum atomic E-state index is 12.0. The summed E-state index contributed by atoms with van der Waals surface area (Å²) in [4.78, 5) is 18.8. The van der Waals surface area contributed by atoms with Gasteiger partial charge in [-0.25, -0.2) is 0 Å². The third kappa shape index (κ3) is 3.04. The number of thiazole rings is 1. The van der Waals surface area contributed by atoms with Crippen molar-refractivity contribution < 1.29 is 0 Å². The molecule has 1 N–H and O–H groups in total. The lowest BCUT2D eigenvalue weighted by atomic mass is 10.0. The highest BCUT2D eigenvalue weighted by Crippen LogP contribution is 2.29. The van der Waals surface area contributed by atoms with E-state index in [2.05, 4.69) is 59.3 Å². The van der Waals surface area contributed by atoms with Gasteiger partial charge in [0.15, 0.2) is 0 Å². The van der Waals surface area contributed by atoms with E-state index in [1.54, 1.807) is 0 Å². The van der Waals surface area contributed by atoms with Gasteiger partial charge in [-0.3, -0.25) is 9.69 Å². The minimum Gasteiger partial charge on any atom is -0.312 e. The van der Waals surface area contributed by atoms with Gasteiger partial charge < -0.3 is 4.98 Å². The minimum absolute atomic E-state index is 0.0396. The van der Waals surface area contributed by atoms with E-state index in [-0.39, 0.29) is 4.87 Å². The second kappa shape index (κ2) is 6.54. The van der Waals surface area contributed by atoms with Gasteiger partial charge in [-0.2, -0.15) is 0 Å². The van der Waals surface area contributed by atoms with Crippen molar-refractivity contribution in [1.82, 2.24) is 9.88 Å². The van der Waals surface area contributed by atoms with Crippen LogP contribution in [0.25, 0.3) is 22.0 Å². The molecule has 0 aliphatic carbocycles. The molecule has 1 unspecified atom stereocenters. The molecule has 1 atom stereocenters. The largest absolute Gasteiger partial charge is 0.312 e. The molecule has 2 aromatic carbocycles. The van der Waals surface area contributed by atoms with Crippen LogP contribution in [0.5, 0.6) is 0 Å². The normalized spacial score (nSPS) is 19.0. The Bertz CT molecular complexity index is 911. The highest BCUT2D eigenvalue weighted by atomic mass is 32.1. The van der Waals surface area contributed by atoms with Gasteiger partial charge in [0.1, 0.15) is 0 Å². The van der Waals surface area contributed by atoms with Gasteiger partial charge in [-0.1, -0.05) is 54.2 Å². The van der Waals surface area contributed by atoms with Gasteiger partial charge in [-0.05, 0) is 48.7 Å². The van der Waals surface area contributed by atoms with E-state index in [4.69, 9.17) is 0 Å². The second-order valence-corrected chi connectivity index (χ2v) is 7.76. The number of likely N-dealkylation sites (tertiary alicyclic amines) is 1.